The Morgan fingerprint density at radius 3 is 2.27 bits per heavy atom. The Kier molecular flexibility index (Phi) is 7.61. The number of hydrogen-bond donors (Lipinski definition) is 1. The highest BCUT2D eigenvalue weighted by Crippen LogP contribution is 2.15. The first-order chi connectivity index (χ1) is 14.7. The smallest absolute Gasteiger partial charge is 0.338 e. The van der Waals surface area contributed by atoms with E-state index in [0.29, 0.717) is 24.9 Å². The van der Waals surface area contributed by atoms with Gasteiger partial charge in [-0.3, -0.25) is 4.79 Å². The van der Waals surface area contributed by atoms with Crippen LogP contribution in [0.5, 0.6) is 5.75 Å². The van der Waals surface area contributed by atoms with Gasteiger partial charge in [-0.1, -0.05) is 60.7 Å². The molecule has 0 aliphatic rings. The SMILES string of the molecule is COc1ccc(CCNC(=O)COC(=O)c2ccccc2Cc2ccccc2)cc1. The van der Waals surface area contributed by atoms with Crippen LogP contribution in [0.4, 0.5) is 0 Å². The maximum atomic E-state index is 12.5. The molecule has 1 amide bonds. The highest BCUT2D eigenvalue weighted by Gasteiger charge is 2.14. The molecule has 3 aromatic carbocycles. The second-order valence-electron chi connectivity index (χ2n) is 6.84. The van der Waals surface area contributed by atoms with E-state index in [1.54, 1.807) is 19.2 Å². The number of nitrogens with one attached hydrogen (secondary N) is 1. The summed E-state index contributed by atoms with van der Waals surface area (Å²) in [6, 6.07) is 24.9. The predicted molar refractivity (Wildman–Crippen MR) is 116 cm³/mol. The summed E-state index contributed by atoms with van der Waals surface area (Å²) in [4.78, 5) is 24.5. The zero-order valence-electron chi connectivity index (χ0n) is 17.0. The van der Waals surface area contributed by atoms with Gasteiger partial charge >= 0.3 is 5.97 Å². The van der Waals surface area contributed by atoms with E-state index in [4.69, 9.17) is 9.47 Å². The summed E-state index contributed by atoms with van der Waals surface area (Å²) in [5, 5.41) is 2.77. The summed E-state index contributed by atoms with van der Waals surface area (Å²) in [6.07, 6.45) is 1.31. The summed E-state index contributed by atoms with van der Waals surface area (Å²) >= 11 is 0. The Morgan fingerprint density at radius 1 is 0.833 bits per heavy atom. The van der Waals surface area contributed by atoms with E-state index in [0.717, 1.165) is 22.4 Å². The lowest BCUT2D eigenvalue weighted by Gasteiger charge is -2.10. The van der Waals surface area contributed by atoms with Crippen LogP contribution in [0.3, 0.4) is 0 Å². The first-order valence-corrected chi connectivity index (χ1v) is 9.84. The van der Waals surface area contributed by atoms with Crippen LogP contribution in [-0.4, -0.2) is 32.1 Å². The van der Waals surface area contributed by atoms with E-state index in [1.807, 2.05) is 66.7 Å². The van der Waals surface area contributed by atoms with E-state index < -0.39 is 5.97 Å². The van der Waals surface area contributed by atoms with Crippen molar-refractivity contribution < 1.29 is 19.1 Å². The highest BCUT2D eigenvalue weighted by molar-refractivity contribution is 5.92. The lowest BCUT2D eigenvalue weighted by molar-refractivity contribution is -0.124. The normalized spacial score (nSPS) is 10.3. The third kappa shape index (κ3) is 6.21. The quantitative estimate of drug-likeness (QED) is 0.552. The first kappa shape index (κ1) is 21.1. The molecular formula is C25H25NO4. The van der Waals surface area contributed by atoms with Crippen LogP contribution < -0.4 is 10.1 Å². The number of carbonyl (C=O) groups is 2. The summed E-state index contributed by atoms with van der Waals surface area (Å²) in [7, 11) is 1.62. The van der Waals surface area contributed by atoms with Gasteiger partial charge in [0.1, 0.15) is 5.75 Å². The summed E-state index contributed by atoms with van der Waals surface area (Å²) < 4.78 is 10.4. The van der Waals surface area contributed by atoms with Crippen LogP contribution in [0.25, 0.3) is 0 Å². The molecule has 0 spiro atoms. The maximum Gasteiger partial charge on any atom is 0.338 e. The van der Waals surface area contributed by atoms with Crippen LogP contribution in [0.2, 0.25) is 0 Å². The molecule has 0 unspecified atom stereocenters. The number of benzene rings is 3. The molecule has 1 N–H and O–H groups in total. The predicted octanol–water partition coefficient (Wildman–Crippen LogP) is 3.80. The minimum atomic E-state index is -0.494. The van der Waals surface area contributed by atoms with Crippen molar-refractivity contribution in [1.29, 1.82) is 0 Å². The maximum absolute atomic E-state index is 12.5. The molecule has 5 heteroatoms. The Hall–Kier alpha value is -3.60. The van der Waals surface area contributed by atoms with Crippen molar-refractivity contribution in [3.63, 3.8) is 0 Å². The van der Waals surface area contributed by atoms with Gasteiger partial charge in [-0.15, -0.1) is 0 Å². The van der Waals surface area contributed by atoms with Crippen molar-refractivity contribution in [2.24, 2.45) is 0 Å². The molecule has 0 atom stereocenters. The Labute approximate surface area is 176 Å². The molecule has 3 aromatic rings. The third-order valence-corrected chi connectivity index (χ3v) is 4.70. The van der Waals surface area contributed by atoms with E-state index in [-0.39, 0.29) is 12.5 Å². The monoisotopic (exact) mass is 403 g/mol. The van der Waals surface area contributed by atoms with Crippen molar-refractivity contribution in [3.8, 4) is 5.75 Å². The summed E-state index contributed by atoms with van der Waals surface area (Å²) in [5.41, 5.74) is 3.54. The van der Waals surface area contributed by atoms with Crippen molar-refractivity contribution in [2.45, 2.75) is 12.8 Å². The minimum absolute atomic E-state index is 0.304. The molecule has 0 bridgehead atoms. The average molecular weight is 403 g/mol. The van der Waals surface area contributed by atoms with Crippen molar-refractivity contribution in [2.75, 3.05) is 20.3 Å². The molecule has 0 saturated heterocycles. The Bertz CT molecular complexity index is 968. The van der Waals surface area contributed by atoms with E-state index in [2.05, 4.69) is 5.32 Å². The third-order valence-electron chi connectivity index (χ3n) is 4.70. The Balaban J connectivity index is 1.47. The Morgan fingerprint density at radius 2 is 1.53 bits per heavy atom. The number of esters is 1. The molecule has 0 aliphatic heterocycles. The van der Waals surface area contributed by atoms with Gasteiger partial charge in [0.2, 0.25) is 0 Å². The fourth-order valence-corrected chi connectivity index (χ4v) is 3.09. The molecule has 0 saturated carbocycles. The second kappa shape index (κ2) is 10.8. The number of carbonyl (C=O) groups excluding carboxylic acids is 2. The van der Waals surface area contributed by atoms with Crippen LogP contribution in [-0.2, 0) is 22.4 Å². The lowest BCUT2D eigenvalue weighted by Crippen LogP contribution is -2.30. The van der Waals surface area contributed by atoms with Crippen LogP contribution in [0.1, 0.15) is 27.0 Å². The standard InChI is InChI=1S/C25H25NO4/c1-29-22-13-11-19(12-14-22)15-16-26-24(27)18-30-25(28)23-10-6-5-9-21(23)17-20-7-3-2-4-8-20/h2-14H,15-18H2,1H3,(H,26,27). The highest BCUT2D eigenvalue weighted by atomic mass is 16.5. The lowest BCUT2D eigenvalue weighted by atomic mass is 10.00. The van der Waals surface area contributed by atoms with Gasteiger partial charge in [0.15, 0.2) is 6.61 Å². The van der Waals surface area contributed by atoms with E-state index in [9.17, 15) is 9.59 Å². The fraction of sp³-hybridized carbons (Fsp3) is 0.200. The second-order valence-corrected chi connectivity index (χ2v) is 6.84. The number of hydrogen-bond acceptors (Lipinski definition) is 4. The van der Waals surface area contributed by atoms with Crippen molar-refractivity contribution >= 4 is 11.9 Å². The van der Waals surface area contributed by atoms with Crippen LogP contribution >= 0.6 is 0 Å². The molecule has 3 rings (SSSR count). The zero-order valence-corrected chi connectivity index (χ0v) is 17.0. The number of ether oxygens (including phenoxy) is 2. The number of methoxy groups -OCH3 is 1. The van der Waals surface area contributed by atoms with Crippen LogP contribution in [0, 0.1) is 0 Å². The van der Waals surface area contributed by atoms with Gasteiger partial charge in [-0.25, -0.2) is 4.79 Å². The molecule has 0 aromatic heterocycles. The topological polar surface area (TPSA) is 64.6 Å². The molecule has 154 valence electrons. The van der Waals surface area contributed by atoms with Gasteiger partial charge < -0.3 is 14.8 Å². The zero-order chi connectivity index (χ0) is 21.2. The van der Waals surface area contributed by atoms with Gasteiger partial charge in [0, 0.05) is 6.54 Å². The number of rotatable bonds is 9. The number of amides is 1. The van der Waals surface area contributed by atoms with Gasteiger partial charge in [0.05, 0.1) is 12.7 Å². The average Bonchev–Trinajstić information content (AvgIpc) is 2.79. The van der Waals surface area contributed by atoms with Crippen molar-refractivity contribution in [1.82, 2.24) is 5.32 Å². The van der Waals surface area contributed by atoms with E-state index in [1.165, 1.54) is 0 Å². The molecule has 0 fully saturated rings. The molecule has 5 nitrogen and oxygen atoms in total. The van der Waals surface area contributed by atoms with Crippen LogP contribution in [0.15, 0.2) is 78.9 Å². The fourth-order valence-electron chi connectivity index (χ4n) is 3.09. The van der Waals surface area contributed by atoms with Gasteiger partial charge in [0.25, 0.3) is 5.91 Å². The van der Waals surface area contributed by atoms with Gasteiger partial charge in [-0.2, -0.15) is 0 Å². The van der Waals surface area contributed by atoms with Gasteiger partial charge in [-0.05, 0) is 47.7 Å². The summed E-state index contributed by atoms with van der Waals surface area (Å²) in [6.45, 7) is 0.161. The molecule has 0 heterocycles. The largest absolute Gasteiger partial charge is 0.497 e. The molecular weight excluding hydrogens is 378 g/mol. The molecule has 0 radical (unpaired) electrons. The van der Waals surface area contributed by atoms with E-state index >= 15 is 0 Å². The van der Waals surface area contributed by atoms with Crippen molar-refractivity contribution in [3.05, 3.63) is 101 Å². The minimum Gasteiger partial charge on any atom is -0.497 e. The molecule has 30 heavy (non-hydrogen) atoms. The first-order valence-electron chi connectivity index (χ1n) is 9.84. The molecule has 0 aliphatic carbocycles. The summed E-state index contributed by atoms with van der Waals surface area (Å²) in [5.74, 6) is -0.0218.